The van der Waals surface area contributed by atoms with E-state index in [0.717, 1.165) is 12.1 Å². The number of carbonyl (C=O) groups excluding carboxylic acids is 1. The van der Waals surface area contributed by atoms with Gasteiger partial charge in [-0.3, -0.25) is 4.79 Å². The van der Waals surface area contributed by atoms with Crippen molar-refractivity contribution in [3.05, 3.63) is 35.4 Å². The van der Waals surface area contributed by atoms with E-state index in [2.05, 4.69) is 0 Å². The number of benzene rings is 1. The van der Waals surface area contributed by atoms with Crippen LogP contribution in [-0.4, -0.2) is 5.78 Å². The minimum absolute atomic E-state index is 0.159. The molecule has 1 rings (SSSR count). The lowest BCUT2D eigenvalue weighted by atomic mass is 9.91. The Bertz CT molecular complexity index is 463. The Hall–Kier alpha value is -1.76. The van der Waals surface area contributed by atoms with Crippen LogP contribution < -0.4 is 0 Å². The van der Waals surface area contributed by atoms with Crippen molar-refractivity contribution in [2.24, 2.45) is 11.8 Å². The summed E-state index contributed by atoms with van der Waals surface area (Å²) in [6.07, 6.45) is 0.367. The molecule has 0 fully saturated rings. The van der Waals surface area contributed by atoms with E-state index in [1.165, 1.54) is 0 Å². The van der Waals surface area contributed by atoms with Crippen molar-refractivity contribution in [1.29, 1.82) is 5.26 Å². The Kier molecular flexibility index (Phi) is 4.33. The monoisotopic (exact) mass is 237 g/mol. The van der Waals surface area contributed by atoms with Crippen LogP contribution in [-0.2, 0) is 0 Å². The molecule has 1 unspecified atom stereocenters. The highest BCUT2D eigenvalue weighted by Crippen LogP contribution is 2.19. The minimum Gasteiger partial charge on any atom is -0.293 e. The van der Waals surface area contributed by atoms with Crippen molar-refractivity contribution < 1.29 is 13.6 Å². The number of carbonyl (C=O) groups is 1. The average Bonchev–Trinajstić information content (AvgIpc) is 2.24. The first-order valence-corrected chi connectivity index (χ1v) is 5.34. The summed E-state index contributed by atoms with van der Waals surface area (Å²) in [6.45, 7) is 3.75. The third kappa shape index (κ3) is 3.35. The molecule has 4 heteroatoms. The van der Waals surface area contributed by atoms with E-state index < -0.39 is 23.3 Å². The average molecular weight is 237 g/mol. The highest BCUT2D eigenvalue weighted by atomic mass is 19.1. The molecule has 0 heterocycles. The SMILES string of the molecule is CC(C)CC(C#N)C(=O)c1ccc(F)cc1F. The van der Waals surface area contributed by atoms with Crippen LogP contribution in [0.5, 0.6) is 0 Å². The molecular formula is C13H13F2NO. The van der Waals surface area contributed by atoms with Crippen molar-refractivity contribution in [3.8, 4) is 6.07 Å². The van der Waals surface area contributed by atoms with Crippen molar-refractivity contribution in [2.45, 2.75) is 20.3 Å². The summed E-state index contributed by atoms with van der Waals surface area (Å²) in [5.74, 6) is -2.96. The smallest absolute Gasteiger partial charge is 0.182 e. The first-order valence-electron chi connectivity index (χ1n) is 5.34. The molecule has 0 aliphatic carbocycles. The largest absolute Gasteiger partial charge is 0.293 e. The van der Waals surface area contributed by atoms with Crippen LogP contribution in [0.25, 0.3) is 0 Å². The molecule has 0 aliphatic rings. The van der Waals surface area contributed by atoms with Crippen LogP contribution in [0.1, 0.15) is 30.6 Å². The summed E-state index contributed by atoms with van der Waals surface area (Å²) in [7, 11) is 0. The van der Waals surface area contributed by atoms with Crippen LogP contribution in [0, 0.1) is 34.8 Å². The summed E-state index contributed by atoms with van der Waals surface area (Å²) >= 11 is 0. The topological polar surface area (TPSA) is 40.9 Å². The van der Waals surface area contributed by atoms with E-state index in [-0.39, 0.29) is 11.5 Å². The van der Waals surface area contributed by atoms with Crippen LogP contribution >= 0.6 is 0 Å². The third-order valence-electron chi connectivity index (χ3n) is 2.38. The van der Waals surface area contributed by atoms with Gasteiger partial charge in [-0.25, -0.2) is 8.78 Å². The number of Topliss-reactive ketones (excluding diaryl/α,β-unsaturated/α-hetero) is 1. The number of nitrogens with zero attached hydrogens (tertiary/aromatic N) is 1. The lowest BCUT2D eigenvalue weighted by Gasteiger charge is -2.11. The van der Waals surface area contributed by atoms with Gasteiger partial charge < -0.3 is 0 Å². The Labute approximate surface area is 98.9 Å². The molecule has 2 nitrogen and oxygen atoms in total. The van der Waals surface area contributed by atoms with Gasteiger partial charge in [0.05, 0.1) is 11.6 Å². The second-order valence-corrected chi connectivity index (χ2v) is 4.30. The molecule has 0 spiro atoms. The van der Waals surface area contributed by atoms with E-state index >= 15 is 0 Å². The van der Waals surface area contributed by atoms with E-state index in [1.807, 2.05) is 19.9 Å². The van der Waals surface area contributed by atoms with Crippen LogP contribution in [0.2, 0.25) is 0 Å². The Morgan fingerprint density at radius 1 is 1.41 bits per heavy atom. The quantitative estimate of drug-likeness (QED) is 0.753. The zero-order valence-corrected chi connectivity index (χ0v) is 9.71. The number of halogens is 2. The van der Waals surface area contributed by atoms with Gasteiger partial charge in [-0.1, -0.05) is 13.8 Å². The minimum atomic E-state index is -0.918. The van der Waals surface area contributed by atoms with Gasteiger partial charge in [0.25, 0.3) is 0 Å². The molecule has 0 radical (unpaired) electrons. The summed E-state index contributed by atoms with van der Waals surface area (Å²) in [6, 6.07) is 4.61. The van der Waals surface area contributed by atoms with Crippen molar-refractivity contribution >= 4 is 5.78 Å². The molecule has 0 amide bonds. The van der Waals surface area contributed by atoms with Crippen molar-refractivity contribution in [2.75, 3.05) is 0 Å². The van der Waals surface area contributed by atoms with Crippen LogP contribution in [0.4, 0.5) is 8.78 Å². The fourth-order valence-electron chi connectivity index (χ4n) is 1.57. The Morgan fingerprint density at radius 3 is 2.53 bits per heavy atom. The number of nitriles is 1. The molecule has 0 N–H and O–H groups in total. The molecule has 0 saturated carbocycles. The lowest BCUT2D eigenvalue weighted by Crippen LogP contribution is -2.16. The molecule has 17 heavy (non-hydrogen) atoms. The zero-order valence-electron chi connectivity index (χ0n) is 9.71. The Morgan fingerprint density at radius 2 is 2.06 bits per heavy atom. The summed E-state index contributed by atoms with van der Waals surface area (Å²) in [5, 5.41) is 8.88. The molecule has 90 valence electrons. The first-order chi connectivity index (χ1) is 7.95. The lowest BCUT2D eigenvalue weighted by molar-refractivity contribution is 0.0932. The molecule has 1 aromatic carbocycles. The second-order valence-electron chi connectivity index (χ2n) is 4.30. The van der Waals surface area contributed by atoms with Crippen molar-refractivity contribution in [3.63, 3.8) is 0 Å². The predicted octanol–water partition coefficient (Wildman–Crippen LogP) is 3.33. The van der Waals surface area contributed by atoms with E-state index in [1.54, 1.807) is 0 Å². The van der Waals surface area contributed by atoms with Gasteiger partial charge in [0.2, 0.25) is 0 Å². The van der Waals surface area contributed by atoms with E-state index in [9.17, 15) is 13.6 Å². The zero-order chi connectivity index (χ0) is 13.0. The summed E-state index contributed by atoms with van der Waals surface area (Å²) < 4.78 is 26.1. The molecule has 0 aliphatic heterocycles. The molecule has 0 bridgehead atoms. The number of hydrogen-bond acceptors (Lipinski definition) is 2. The second kappa shape index (κ2) is 5.53. The molecule has 1 atom stereocenters. The van der Waals surface area contributed by atoms with E-state index in [0.29, 0.717) is 12.5 Å². The third-order valence-corrected chi connectivity index (χ3v) is 2.38. The summed E-state index contributed by atoms with van der Waals surface area (Å²) in [5.41, 5.74) is -0.224. The summed E-state index contributed by atoms with van der Waals surface area (Å²) in [4.78, 5) is 11.9. The highest BCUT2D eigenvalue weighted by Gasteiger charge is 2.23. The van der Waals surface area contributed by atoms with Crippen LogP contribution in [0.15, 0.2) is 18.2 Å². The maximum atomic E-state index is 13.4. The van der Waals surface area contributed by atoms with Gasteiger partial charge in [-0.05, 0) is 24.5 Å². The van der Waals surface area contributed by atoms with Gasteiger partial charge in [0.15, 0.2) is 5.78 Å². The number of rotatable bonds is 4. The van der Waals surface area contributed by atoms with Gasteiger partial charge in [-0.15, -0.1) is 0 Å². The van der Waals surface area contributed by atoms with E-state index in [4.69, 9.17) is 5.26 Å². The fraction of sp³-hybridized carbons (Fsp3) is 0.385. The van der Waals surface area contributed by atoms with Gasteiger partial charge in [0.1, 0.15) is 17.6 Å². The molecule has 0 saturated heterocycles. The maximum absolute atomic E-state index is 13.4. The predicted molar refractivity (Wildman–Crippen MR) is 59.2 cm³/mol. The number of ketones is 1. The fourth-order valence-corrected chi connectivity index (χ4v) is 1.57. The number of hydrogen-bond donors (Lipinski definition) is 0. The van der Waals surface area contributed by atoms with Gasteiger partial charge in [0, 0.05) is 6.07 Å². The molecule has 0 aromatic heterocycles. The van der Waals surface area contributed by atoms with Gasteiger partial charge in [-0.2, -0.15) is 5.26 Å². The Balaban J connectivity index is 2.99. The van der Waals surface area contributed by atoms with Crippen LogP contribution in [0.3, 0.4) is 0 Å². The normalized spacial score (nSPS) is 12.2. The standard InChI is InChI=1S/C13H13F2NO/c1-8(2)5-9(7-16)13(17)11-4-3-10(14)6-12(11)15/h3-4,6,8-9H,5H2,1-2H3. The molecular weight excluding hydrogens is 224 g/mol. The van der Waals surface area contributed by atoms with Crippen molar-refractivity contribution in [1.82, 2.24) is 0 Å². The van der Waals surface area contributed by atoms with Gasteiger partial charge >= 0.3 is 0 Å². The highest BCUT2D eigenvalue weighted by molar-refractivity contribution is 5.99. The first kappa shape index (κ1) is 13.3. The molecule has 1 aromatic rings. The maximum Gasteiger partial charge on any atom is 0.182 e.